The van der Waals surface area contributed by atoms with Gasteiger partial charge in [0.05, 0.1) is 24.9 Å². The van der Waals surface area contributed by atoms with Gasteiger partial charge in [-0.25, -0.2) is 9.18 Å². The molecule has 0 spiro atoms. The first-order valence-electron chi connectivity index (χ1n) is 6.59. The number of nitrogens with one attached hydrogen (secondary N) is 1. The van der Waals surface area contributed by atoms with Crippen LogP contribution in [0.25, 0.3) is 0 Å². The highest BCUT2D eigenvalue weighted by atomic mass is 19.1. The van der Waals surface area contributed by atoms with Gasteiger partial charge in [-0.2, -0.15) is 0 Å². The first-order chi connectivity index (χ1) is 10.5. The molecule has 114 valence electrons. The molecule has 0 radical (unpaired) electrons. The average molecular weight is 302 g/mol. The number of carbonyl (C=O) groups excluding carboxylic acids is 2. The molecule has 0 aliphatic carbocycles. The number of ether oxygens (including phenoxy) is 1. The van der Waals surface area contributed by atoms with Gasteiger partial charge in [-0.05, 0) is 42.8 Å². The predicted octanol–water partition coefficient (Wildman–Crippen LogP) is 2.25. The summed E-state index contributed by atoms with van der Waals surface area (Å²) in [5, 5.41) is 2.67. The molecule has 0 aliphatic rings. The summed E-state index contributed by atoms with van der Waals surface area (Å²) in [6.07, 6.45) is 1.47. The molecule has 0 unspecified atom stereocenters. The van der Waals surface area contributed by atoms with Crippen molar-refractivity contribution in [3.63, 3.8) is 0 Å². The topological polar surface area (TPSA) is 68.3 Å². The summed E-state index contributed by atoms with van der Waals surface area (Å²) in [4.78, 5) is 27.5. The highest BCUT2D eigenvalue weighted by molar-refractivity contribution is 5.94. The number of hydrogen-bond acceptors (Lipinski definition) is 4. The van der Waals surface area contributed by atoms with E-state index in [4.69, 9.17) is 0 Å². The Morgan fingerprint density at radius 2 is 2.00 bits per heavy atom. The normalized spacial score (nSPS) is 10.1. The van der Waals surface area contributed by atoms with Gasteiger partial charge in [-0.15, -0.1) is 0 Å². The number of benzene rings is 1. The Labute approximate surface area is 127 Å². The van der Waals surface area contributed by atoms with Crippen LogP contribution < -0.4 is 5.32 Å². The molecule has 0 fully saturated rings. The summed E-state index contributed by atoms with van der Waals surface area (Å²) >= 11 is 0. The predicted molar refractivity (Wildman–Crippen MR) is 77.9 cm³/mol. The summed E-state index contributed by atoms with van der Waals surface area (Å²) in [5.74, 6) is -1.17. The van der Waals surface area contributed by atoms with Crippen LogP contribution in [0.4, 0.5) is 4.39 Å². The third kappa shape index (κ3) is 3.66. The molecule has 2 rings (SSSR count). The third-order valence-electron chi connectivity index (χ3n) is 3.09. The van der Waals surface area contributed by atoms with Gasteiger partial charge in [-0.3, -0.25) is 9.78 Å². The van der Waals surface area contributed by atoms with Gasteiger partial charge in [0.1, 0.15) is 5.82 Å². The molecule has 5 nitrogen and oxygen atoms in total. The van der Waals surface area contributed by atoms with E-state index >= 15 is 0 Å². The zero-order valence-corrected chi connectivity index (χ0v) is 12.2. The number of esters is 1. The van der Waals surface area contributed by atoms with E-state index in [-0.39, 0.29) is 18.3 Å². The second-order valence-corrected chi connectivity index (χ2v) is 4.67. The molecule has 1 aromatic carbocycles. The quantitative estimate of drug-likeness (QED) is 0.880. The number of amides is 1. The van der Waals surface area contributed by atoms with Gasteiger partial charge in [0.25, 0.3) is 5.91 Å². The van der Waals surface area contributed by atoms with Crippen LogP contribution >= 0.6 is 0 Å². The van der Waals surface area contributed by atoms with Crippen molar-refractivity contribution in [3.05, 3.63) is 64.7 Å². The first kappa shape index (κ1) is 15.6. The fraction of sp³-hybridized carbons (Fsp3) is 0.188. The number of rotatable bonds is 4. The molecule has 0 aliphatic heterocycles. The SMILES string of the molecule is COC(=O)c1ccnc(CNC(=O)c2ccc(F)c(C)c2)c1. The van der Waals surface area contributed by atoms with Gasteiger partial charge in [0.2, 0.25) is 0 Å². The Kier molecular flexibility index (Phi) is 4.83. The maximum atomic E-state index is 13.2. The van der Waals surface area contributed by atoms with Gasteiger partial charge in [0, 0.05) is 11.8 Å². The van der Waals surface area contributed by atoms with E-state index in [9.17, 15) is 14.0 Å². The minimum atomic E-state index is -0.468. The molecule has 1 heterocycles. The van der Waals surface area contributed by atoms with Crippen molar-refractivity contribution >= 4 is 11.9 Å². The van der Waals surface area contributed by atoms with Gasteiger partial charge in [0.15, 0.2) is 0 Å². The van der Waals surface area contributed by atoms with Gasteiger partial charge >= 0.3 is 5.97 Å². The van der Waals surface area contributed by atoms with E-state index < -0.39 is 5.97 Å². The number of nitrogens with zero attached hydrogens (tertiary/aromatic N) is 1. The molecule has 0 bridgehead atoms. The van der Waals surface area contributed by atoms with Crippen molar-refractivity contribution in [1.82, 2.24) is 10.3 Å². The van der Waals surface area contributed by atoms with Crippen LogP contribution in [-0.2, 0) is 11.3 Å². The van der Waals surface area contributed by atoms with Gasteiger partial charge in [-0.1, -0.05) is 0 Å². The fourth-order valence-corrected chi connectivity index (χ4v) is 1.88. The van der Waals surface area contributed by atoms with Crippen molar-refractivity contribution in [2.75, 3.05) is 7.11 Å². The largest absolute Gasteiger partial charge is 0.465 e. The number of aromatic nitrogens is 1. The van der Waals surface area contributed by atoms with Crippen molar-refractivity contribution < 1.29 is 18.7 Å². The Bertz CT molecular complexity index is 716. The molecule has 22 heavy (non-hydrogen) atoms. The molecule has 2 aromatic rings. The molecule has 6 heteroatoms. The number of halogens is 1. The number of aryl methyl sites for hydroxylation is 1. The summed E-state index contributed by atoms with van der Waals surface area (Å²) in [6.45, 7) is 1.74. The lowest BCUT2D eigenvalue weighted by Crippen LogP contribution is -2.23. The highest BCUT2D eigenvalue weighted by Crippen LogP contribution is 2.09. The van der Waals surface area contributed by atoms with E-state index in [2.05, 4.69) is 15.0 Å². The smallest absolute Gasteiger partial charge is 0.337 e. The van der Waals surface area contributed by atoms with Crippen LogP contribution in [0.1, 0.15) is 32.0 Å². The maximum Gasteiger partial charge on any atom is 0.337 e. The van der Waals surface area contributed by atoms with Crippen molar-refractivity contribution in [1.29, 1.82) is 0 Å². The van der Waals surface area contributed by atoms with Crippen LogP contribution in [0.3, 0.4) is 0 Å². The van der Waals surface area contributed by atoms with Gasteiger partial charge < -0.3 is 10.1 Å². The average Bonchev–Trinajstić information content (AvgIpc) is 2.54. The van der Waals surface area contributed by atoms with E-state index in [1.807, 2.05) is 0 Å². The van der Waals surface area contributed by atoms with E-state index in [1.165, 1.54) is 37.6 Å². The zero-order valence-electron chi connectivity index (χ0n) is 12.2. The maximum absolute atomic E-state index is 13.2. The Morgan fingerprint density at radius 3 is 2.68 bits per heavy atom. The van der Waals surface area contributed by atoms with E-state index in [1.54, 1.807) is 13.0 Å². The number of carbonyl (C=O) groups is 2. The van der Waals surface area contributed by atoms with Crippen molar-refractivity contribution in [3.8, 4) is 0 Å². The molecular formula is C16H15FN2O3. The Morgan fingerprint density at radius 1 is 1.23 bits per heavy atom. The minimum absolute atomic E-state index is 0.153. The standard InChI is InChI=1S/C16H15FN2O3/c1-10-7-11(3-4-14(10)17)15(20)19-9-13-8-12(5-6-18-13)16(21)22-2/h3-8H,9H2,1-2H3,(H,19,20). The lowest BCUT2D eigenvalue weighted by molar-refractivity contribution is 0.0600. The van der Waals surface area contributed by atoms with Crippen LogP contribution in [0.2, 0.25) is 0 Å². The molecule has 1 amide bonds. The number of hydrogen-bond donors (Lipinski definition) is 1. The van der Waals surface area contributed by atoms with E-state index in [0.717, 1.165) is 0 Å². The zero-order chi connectivity index (χ0) is 16.1. The summed E-state index contributed by atoms with van der Waals surface area (Å²) in [7, 11) is 1.29. The molecule has 0 saturated carbocycles. The van der Waals surface area contributed by atoms with Crippen LogP contribution in [0, 0.1) is 12.7 Å². The third-order valence-corrected chi connectivity index (χ3v) is 3.09. The molecule has 0 saturated heterocycles. The molecule has 1 N–H and O–H groups in total. The monoisotopic (exact) mass is 302 g/mol. The highest BCUT2D eigenvalue weighted by Gasteiger charge is 2.10. The van der Waals surface area contributed by atoms with Crippen LogP contribution in [0.15, 0.2) is 36.5 Å². The summed E-state index contributed by atoms with van der Waals surface area (Å²) in [5.41, 5.74) is 1.65. The van der Waals surface area contributed by atoms with Crippen molar-refractivity contribution in [2.24, 2.45) is 0 Å². The fourth-order valence-electron chi connectivity index (χ4n) is 1.88. The van der Waals surface area contributed by atoms with Crippen molar-refractivity contribution in [2.45, 2.75) is 13.5 Å². The molecule has 1 aromatic heterocycles. The second kappa shape index (κ2) is 6.80. The number of pyridine rings is 1. The van der Waals surface area contributed by atoms with Crippen LogP contribution in [-0.4, -0.2) is 24.0 Å². The lowest BCUT2D eigenvalue weighted by Gasteiger charge is -2.07. The first-order valence-corrected chi connectivity index (χ1v) is 6.59. The lowest BCUT2D eigenvalue weighted by atomic mass is 10.1. The molecule has 0 atom stereocenters. The minimum Gasteiger partial charge on any atom is -0.465 e. The summed E-state index contributed by atoms with van der Waals surface area (Å²) in [6, 6.07) is 7.21. The van der Waals surface area contributed by atoms with Crippen LogP contribution in [0.5, 0.6) is 0 Å². The molecular weight excluding hydrogens is 287 g/mol. The second-order valence-electron chi connectivity index (χ2n) is 4.67. The number of methoxy groups -OCH3 is 1. The van der Waals surface area contributed by atoms with E-state index in [0.29, 0.717) is 22.4 Å². The summed E-state index contributed by atoms with van der Waals surface area (Å²) < 4.78 is 17.8. The Balaban J connectivity index is 2.04. The Hall–Kier alpha value is -2.76.